The zero-order valence-corrected chi connectivity index (χ0v) is 32.2. The molecule has 0 aliphatic heterocycles. The van der Waals surface area contributed by atoms with Crippen LogP contribution in [0.5, 0.6) is 0 Å². The Bertz CT molecular complexity index is 3020. The minimum atomic E-state index is 0.247. The number of benzene rings is 7. The van der Waals surface area contributed by atoms with E-state index in [0.717, 1.165) is 44.3 Å². The van der Waals surface area contributed by atoms with Crippen molar-refractivity contribution in [3.63, 3.8) is 0 Å². The number of hydrogen-bond acceptors (Lipinski definition) is 2. The van der Waals surface area contributed by atoms with Crippen LogP contribution in [0.25, 0.3) is 99.7 Å². The lowest BCUT2D eigenvalue weighted by atomic mass is 9.81. The van der Waals surface area contributed by atoms with Gasteiger partial charge >= 0.3 is 0 Å². The maximum absolute atomic E-state index is 5.30. The molecule has 0 amide bonds. The van der Waals surface area contributed by atoms with E-state index >= 15 is 0 Å². The van der Waals surface area contributed by atoms with Crippen molar-refractivity contribution in [2.45, 2.75) is 46.5 Å². The minimum Gasteiger partial charge on any atom is -0.250 e. The van der Waals surface area contributed by atoms with E-state index in [4.69, 9.17) is 9.97 Å². The Balaban J connectivity index is 1.41. The van der Waals surface area contributed by atoms with Gasteiger partial charge in [0, 0.05) is 22.2 Å². The molecular weight excluding hydrogens is 665 g/mol. The fraction of sp³-hybridized carbons (Fsp3) is 0.132. The van der Waals surface area contributed by atoms with Gasteiger partial charge in [0.25, 0.3) is 0 Å². The number of pyridine rings is 2. The van der Waals surface area contributed by atoms with E-state index in [2.05, 4.69) is 187 Å². The highest BCUT2D eigenvalue weighted by molar-refractivity contribution is 6.15. The maximum Gasteiger partial charge on any atom is 0.0974 e. The molecule has 9 rings (SSSR count). The Morgan fingerprint density at radius 2 is 1.02 bits per heavy atom. The summed E-state index contributed by atoms with van der Waals surface area (Å²) in [6, 6.07) is 49.1. The lowest BCUT2D eigenvalue weighted by molar-refractivity contribution is 0.826. The molecular formula is C53H44N2. The number of fused-ring (bicyclic) bond motifs is 6. The second kappa shape index (κ2) is 13.8. The number of aromatic nitrogens is 2. The first-order valence-corrected chi connectivity index (χ1v) is 19.4. The third kappa shape index (κ3) is 5.90. The van der Waals surface area contributed by atoms with Gasteiger partial charge in [-0.05, 0) is 126 Å². The average Bonchev–Trinajstić information content (AvgIpc) is 3.22. The smallest absolute Gasteiger partial charge is 0.0974 e. The van der Waals surface area contributed by atoms with Crippen molar-refractivity contribution >= 4 is 66.3 Å². The van der Waals surface area contributed by atoms with Crippen molar-refractivity contribution in [3.8, 4) is 33.4 Å². The first-order valence-electron chi connectivity index (χ1n) is 19.4. The van der Waals surface area contributed by atoms with Crippen LogP contribution in [-0.2, 0) is 0 Å². The molecule has 0 aliphatic rings. The third-order valence-electron chi connectivity index (χ3n) is 11.2. The molecule has 7 aromatic carbocycles. The Morgan fingerprint density at radius 3 is 1.64 bits per heavy atom. The zero-order chi connectivity index (χ0) is 37.8. The molecule has 0 aliphatic carbocycles. The summed E-state index contributed by atoms with van der Waals surface area (Å²) in [6.07, 6.45) is 6.47. The van der Waals surface area contributed by atoms with E-state index in [1.165, 1.54) is 65.7 Å². The summed E-state index contributed by atoms with van der Waals surface area (Å²) in [7, 11) is 0. The van der Waals surface area contributed by atoms with E-state index in [1.807, 2.05) is 6.08 Å². The molecule has 9 aromatic rings. The zero-order valence-electron chi connectivity index (χ0n) is 32.2. The summed E-state index contributed by atoms with van der Waals surface area (Å²) < 4.78 is 0. The van der Waals surface area contributed by atoms with Crippen molar-refractivity contribution in [3.05, 3.63) is 169 Å². The summed E-state index contributed by atoms with van der Waals surface area (Å²) in [6.45, 7) is 15.4. The highest BCUT2D eigenvalue weighted by Gasteiger charge is 2.22. The van der Waals surface area contributed by atoms with E-state index in [-0.39, 0.29) is 5.92 Å². The van der Waals surface area contributed by atoms with Crippen LogP contribution in [0.3, 0.4) is 0 Å². The molecule has 55 heavy (non-hydrogen) atoms. The van der Waals surface area contributed by atoms with Crippen molar-refractivity contribution in [1.82, 2.24) is 9.97 Å². The summed E-state index contributed by atoms with van der Waals surface area (Å²) in [4.78, 5) is 10.5. The molecule has 0 spiro atoms. The van der Waals surface area contributed by atoms with Gasteiger partial charge in [-0.3, -0.25) is 9.97 Å². The first-order chi connectivity index (χ1) is 26.8. The fourth-order valence-electron chi connectivity index (χ4n) is 8.32. The van der Waals surface area contributed by atoms with Crippen LogP contribution in [-0.4, -0.2) is 9.97 Å². The Kier molecular flexibility index (Phi) is 8.63. The predicted molar refractivity (Wildman–Crippen MR) is 239 cm³/mol. The van der Waals surface area contributed by atoms with Crippen molar-refractivity contribution in [1.29, 1.82) is 0 Å². The van der Waals surface area contributed by atoms with Gasteiger partial charge in [0.15, 0.2) is 0 Å². The van der Waals surface area contributed by atoms with Crippen LogP contribution in [0.1, 0.15) is 69.0 Å². The molecule has 2 aromatic heterocycles. The number of allylic oxidation sites excluding steroid dienone is 1. The highest BCUT2D eigenvalue weighted by Crippen LogP contribution is 2.46. The first kappa shape index (κ1) is 34.4. The van der Waals surface area contributed by atoms with Gasteiger partial charge in [-0.15, -0.1) is 0 Å². The quantitative estimate of drug-likeness (QED) is 0.154. The van der Waals surface area contributed by atoms with Gasteiger partial charge in [-0.2, -0.15) is 0 Å². The number of nitrogens with zero attached hydrogens (tertiary/aromatic N) is 2. The second-order valence-corrected chi connectivity index (χ2v) is 15.3. The summed E-state index contributed by atoms with van der Waals surface area (Å²) >= 11 is 0. The Hall–Kier alpha value is -6.38. The molecule has 2 heterocycles. The van der Waals surface area contributed by atoms with E-state index < -0.39 is 0 Å². The standard InChI is InChI=1S/C53H44N2/c1-7-13-43-42(8-2)50(40-20-18-34-14-9-11-16-37(34)28-40)44-25-23-39(30-47(44)51(43)41-21-19-35-15-10-12-17-38(35)29-41)46-31-49(33(5)6)55-53-45(46)26-22-36-24-27-48(32(3)4)54-52(36)53/h7-33H,2H2,1,3-6H3/b13-7-. The lowest BCUT2D eigenvalue weighted by Gasteiger charge is -2.22. The monoisotopic (exact) mass is 708 g/mol. The third-order valence-corrected chi connectivity index (χ3v) is 11.2. The SMILES string of the molecule is C=Cc1c(/C=C\C)c(-c2ccc3ccccc3c2)c2cc(-c3cc(C(C)C)nc4c3ccc3ccc(C(C)C)nc34)ccc2c1-c1ccc2ccccc2c1. The van der Waals surface area contributed by atoms with Crippen LogP contribution >= 0.6 is 0 Å². The van der Waals surface area contributed by atoms with Gasteiger partial charge in [0.2, 0.25) is 0 Å². The van der Waals surface area contributed by atoms with E-state index in [0.29, 0.717) is 5.92 Å². The molecule has 0 saturated carbocycles. The predicted octanol–water partition coefficient (Wildman–Crippen LogP) is 15.2. The highest BCUT2D eigenvalue weighted by atomic mass is 14.8. The van der Waals surface area contributed by atoms with Gasteiger partial charge in [0.1, 0.15) is 0 Å². The second-order valence-electron chi connectivity index (χ2n) is 15.3. The van der Waals surface area contributed by atoms with Crippen LogP contribution in [0.15, 0.2) is 146 Å². The van der Waals surface area contributed by atoms with Crippen LogP contribution in [0.4, 0.5) is 0 Å². The number of hydrogen-bond donors (Lipinski definition) is 0. The normalized spacial score (nSPS) is 12.1. The van der Waals surface area contributed by atoms with Gasteiger partial charge < -0.3 is 0 Å². The molecule has 0 bridgehead atoms. The fourth-order valence-corrected chi connectivity index (χ4v) is 8.32. The average molecular weight is 709 g/mol. The molecule has 266 valence electrons. The molecule has 0 saturated heterocycles. The van der Waals surface area contributed by atoms with Crippen LogP contribution < -0.4 is 0 Å². The van der Waals surface area contributed by atoms with E-state index in [1.54, 1.807) is 0 Å². The van der Waals surface area contributed by atoms with Crippen molar-refractivity contribution in [2.24, 2.45) is 0 Å². The molecule has 2 nitrogen and oxygen atoms in total. The Labute approximate surface area is 323 Å². The van der Waals surface area contributed by atoms with Crippen molar-refractivity contribution < 1.29 is 0 Å². The van der Waals surface area contributed by atoms with Gasteiger partial charge in [0.05, 0.1) is 11.0 Å². The van der Waals surface area contributed by atoms with E-state index in [9.17, 15) is 0 Å². The van der Waals surface area contributed by atoms with Crippen LogP contribution in [0, 0.1) is 0 Å². The molecule has 0 radical (unpaired) electrons. The molecule has 0 unspecified atom stereocenters. The molecule has 0 N–H and O–H groups in total. The number of rotatable bonds is 7. The lowest BCUT2D eigenvalue weighted by Crippen LogP contribution is -1.99. The minimum absolute atomic E-state index is 0.247. The summed E-state index contributed by atoms with van der Waals surface area (Å²) in [5, 5.41) is 9.52. The summed E-state index contributed by atoms with van der Waals surface area (Å²) in [5.41, 5.74) is 13.5. The molecule has 0 atom stereocenters. The topological polar surface area (TPSA) is 25.8 Å². The van der Waals surface area contributed by atoms with Gasteiger partial charge in [-0.1, -0.05) is 156 Å². The van der Waals surface area contributed by atoms with Crippen molar-refractivity contribution in [2.75, 3.05) is 0 Å². The molecule has 2 heteroatoms. The largest absolute Gasteiger partial charge is 0.250 e. The van der Waals surface area contributed by atoms with Crippen LogP contribution in [0.2, 0.25) is 0 Å². The maximum atomic E-state index is 5.30. The molecule has 0 fully saturated rings. The van der Waals surface area contributed by atoms with Gasteiger partial charge in [-0.25, -0.2) is 0 Å². The Morgan fingerprint density at radius 1 is 0.473 bits per heavy atom. The summed E-state index contributed by atoms with van der Waals surface area (Å²) in [5.74, 6) is 0.571.